The van der Waals surface area contributed by atoms with E-state index >= 15 is 0 Å². The highest BCUT2D eigenvalue weighted by molar-refractivity contribution is 5.39. The van der Waals surface area contributed by atoms with E-state index in [1.165, 1.54) is 29.5 Å². The first-order valence-corrected chi connectivity index (χ1v) is 7.83. The number of hydrogen-bond donors (Lipinski definition) is 1. The third-order valence-corrected chi connectivity index (χ3v) is 4.22. The van der Waals surface area contributed by atoms with Crippen molar-refractivity contribution in [2.24, 2.45) is 11.7 Å². The van der Waals surface area contributed by atoms with Gasteiger partial charge in [-0.1, -0.05) is 49.4 Å². The zero-order valence-electron chi connectivity index (χ0n) is 12.6. The highest BCUT2D eigenvalue weighted by Gasteiger charge is 2.29. The molecule has 2 aromatic rings. The van der Waals surface area contributed by atoms with Crippen molar-refractivity contribution < 1.29 is 4.74 Å². The van der Waals surface area contributed by atoms with Crippen LogP contribution in [0.3, 0.4) is 0 Å². The Bertz CT molecular complexity index is 590. The average molecular weight is 281 g/mol. The summed E-state index contributed by atoms with van der Waals surface area (Å²) in [6.45, 7) is 2.78. The molecule has 21 heavy (non-hydrogen) atoms. The Morgan fingerprint density at radius 3 is 2.57 bits per heavy atom. The number of aryl methyl sites for hydroxylation is 1. The van der Waals surface area contributed by atoms with Crippen LogP contribution in [0.4, 0.5) is 0 Å². The third-order valence-electron chi connectivity index (χ3n) is 4.22. The van der Waals surface area contributed by atoms with Gasteiger partial charge in [0.1, 0.15) is 12.4 Å². The molecule has 110 valence electrons. The van der Waals surface area contributed by atoms with E-state index < -0.39 is 0 Å². The number of rotatable bonds is 6. The molecule has 0 aliphatic heterocycles. The van der Waals surface area contributed by atoms with E-state index in [1.807, 2.05) is 18.2 Å². The summed E-state index contributed by atoms with van der Waals surface area (Å²) < 4.78 is 5.98. The molecule has 0 spiro atoms. The average Bonchev–Trinajstić information content (AvgIpc) is 3.38. The van der Waals surface area contributed by atoms with Crippen molar-refractivity contribution in [3.63, 3.8) is 0 Å². The molecule has 0 radical (unpaired) electrons. The van der Waals surface area contributed by atoms with Gasteiger partial charge in [0.15, 0.2) is 0 Å². The van der Waals surface area contributed by atoms with E-state index in [9.17, 15) is 0 Å². The van der Waals surface area contributed by atoms with E-state index in [0.29, 0.717) is 12.5 Å². The zero-order chi connectivity index (χ0) is 14.7. The fraction of sp³-hybridized carbons (Fsp3) is 0.368. The lowest BCUT2D eigenvalue weighted by atomic mass is 9.99. The van der Waals surface area contributed by atoms with E-state index in [0.717, 1.165) is 12.2 Å². The van der Waals surface area contributed by atoms with Gasteiger partial charge in [0, 0.05) is 6.04 Å². The molecule has 1 saturated carbocycles. The normalized spacial score (nSPS) is 15.7. The molecule has 2 aromatic carbocycles. The van der Waals surface area contributed by atoms with E-state index in [2.05, 4.69) is 37.3 Å². The molecule has 2 heteroatoms. The van der Waals surface area contributed by atoms with Gasteiger partial charge in [-0.3, -0.25) is 0 Å². The van der Waals surface area contributed by atoms with Crippen molar-refractivity contribution in [1.29, 1.82) is 0 Å². The first kappa shape index (κ1) is 14.2. The monoisotopic (exact) mass is 281 g/mol. The van der Waals surface area contributed by atoms with Crippen LogP contribution in [0.2, 0.25) is 0 Å². The van der Waals surface area contributed by atoms with Crippen molar-refractivity contribution in [3.8, 4) is 5.75 Å². The molecule has 1 atom stereocenters. The third kappa shape index (κ3) is 3.45. The van der Waals surface area contributed by atoms with Crippen molar-refractivity contribution in [2.45, 2.75) is 38.8 Å². The summed E-state index contributed by atoms with van der Waals surface area (Å²) in [7, 11) is 0. The van der Waals surface area contributed by atoms with Gasteiger partial charge >= 0.3 is 0 Å². The highest BCUT2D eigenvalue weighted by atomic mass is 16.5. The van der Waals surface area contributed by atoms with Gasteiger partial charge in [-0.2, -0.15) is 0 Å². The Labute approximate surface area is 126 Å². The Kier molecular flexibility index (Phi) is 4.26. The van der Waals surface area contributed by atoms with Crippen LogP contribution in [0.5, 0.6) is 5.75 Å². The van der Waals surface area contributed by atoms with Crippen molar-refractivity contribution in [3.05, 3.63) is 65.2 Å². The summed E-state index contributed by atoms with van der Waals surface area (Å²) in [5.41, 5.74) is 9.99. The summed E-state index contributed by atoms with van der Waals surface area (Å²) in [5, 5.41) is 0. The van der Waals surface area contributed by atoms with Gasteiger partial charge in [0.25, 0.3) is 0 Å². The molecule has 1 aliphatic carbocycles. The maximum atomic E-state index is 6.30. The lowest BCUT2D eigenvalue weighted by molar-refractivity contribution is 0.303. The molecule has 0 amide bonds. The standard InChI is InChI=1S/C19H23NO/c1-2-15-12-17(19(20)16-8-9-16)10-11-18(15)21-13-14-6-4-3-5-7-14/h3-7,10-12,16,19H,2,8-9,13,20H2,1H3. The molecule has 0 saturated heterocycles. The molecule has 1 fully saturated rings. The summed E-state index contributed by atoms with van der Waals surface area (Å²) in [4.78, 5) is 0. The minimum Gasteiger partial charge on any atom is -0.489 e. The molecule has 3 rings (SSSR count). The molecular formula is C19H23NO. The van der Waals surface area contributed by atoms with E-state index in [-0.39, 0.29) is 6.04 Å². The summed E-state index contributed by atoms with van der Waals surface area (Å²) in [6.07, 6.45) is 3.51. The maximum Gasteiger partial charge on any atom is 0.123 e. The highest BCUT2D eigenvalue weighted by Crippen LogP contribution is 2.40. The van der Waals surface area contributed by atoms with Crippen LogP contribution in [-0.2, 0) is 13.0 Å². The van der Waals surface area contributed by atoms with E-state index in [4.69, 9.17) is 10.5 Å². The smallest absolute Gasteiger partial charge is 0.123 e. The molecule has 1 unspecified atom stereocenters. The number of hydrogen-bond acceptors (Lipinski definition) is 2. The van der Waals surface area contributed by atoms with E-state index in [1.54, 1.807) is 0 Å². The van der Waals surface area contributed by atoms with Crippen molar-refractivity contribution in [2.75, 3.05) is 0 Å². The molecule has 0 bridgehead atoms. The van der Waals surface area contributed by atoms with Crippen LogP contribution in [0.1, 0.15) is 42.5 Å². The van der Waals surface area contributed by atoms with Crippen molar-refractivity contribution >= 4 is 0 Å². The fourth-order valence-electron chi connectivity index (χ4n) is 2.69. The second kappa shape index (κ2) is 6.31. The minimum atomic E-state index is 0.193. The first-order chi connectivity index (χ1) is 10.3. The topological polar surface area (TPSA) is 35.2 Å². The molecule has 2 nitrogen and oxygen atoms in total. The first-order valence-electron chi connectivity index (χ1n) is 7.83. The number of ether oxygens (including phenoxy) is 1. The second-order valence-corrected chi connectivity index (χ2v) is 5.86. The molecule has 0 heterocycles. The van der Waals surface area contributed by atoms with Crippen LogP contribution < -0.4 is 10.5 Å². The Morgan fingerprint density at radius 1 is 1.14 bits per heavy atom. The minimum absolute atomic E-state index is 0.193. The Morgan fingerprint density at radius 2 is 1.90 bits per heavy atom. The lowest BCUT2D eigenvalue weighted by Crippen LogP contribution is -2.12. The second-order valence-electron chi connectivity index (χ2n) is 5.86. The molecule has 0 aromatic heterocycles. The quantitative estimate of drug-likeness (QED) is 0.859. The Hall–Kier alpha value is -1.80. The van der Waals surface area contributed by atoms with Crippen LogP contribution in [0, 0.1) is 5.92 Å². The fourth-order valence-corrected chi connectivity index (χ4v) is 2.69. The molecule has 1 aliphatic rings. The zero-order valence-corrected chi connectivity index (χ0v) is 12.6. The molecular weight excluding hydrogens is 258 g/mol. The summed E-state index contributed by atoms with van der Waals surface area (Å²) in [6, 6.07) is 16.9. The lowest BCUT2D eigenvalue weighted by Gasteiger charge is -2.16. The van der Waals surface area contributed by atoms with Crippen LogP contribution >= 0.6 is 0 Å². The molecule has 2 N–H and O–H groups in total. The summed E-state index contributed by atoms with van der Waals surface area (Å²) in [5.74, 6) is 1.67. The van der Waals surface area contributed by atoms with Gasteiger partial charge in [-0.15, -0.1) is 0 Å². The van der Waals surface area contributed by atoms with Gasteiger partial charge in [-0.25, -0.2) is 0 Å². The van der Waals surface area contributed by atoms with Crippen LogP contribution in [0.15, 0.2) is 48.5 Å². The van der Waals surface area contributed by atoms with Gasteiger partial charge in [0.2, 0.25) is 0 Å². The number of nitrogens with two attached hydrogens (primary N) is 1. The largest absolute Gasteiger partial charge is 0.489 e. The maximum absolute atomic E-state index is 6.30. The van der Waals surface area contributed by atoms with Crippen molar-refractivity contribution in [1.82, 2.24) is 0 Å². The summed E-state index contributed by atoms with van der Waals surface area (Å²) >= 11 is 0. The van der Waals surface area contributed by atoms with Gasteiger partial charge in [-0.05, 0) is 47.9 Å². The Balaban J connectivity index is 1.72. The van der Waals surface area contributed by atoms with Gasteiger partial charge in [0.05, 0.1) is 0 Å². The SMILES string of the molecule is CCc1cc(C(N)C2CC2)ccc1OCc1ccccc1. The predicted molar refractivity (Wildman–Crippen MR) is 86.2 cm³/mol. The van der Waals surface area contributed by atoms with Crippen LogP contribution in [0.25, 0.3) is 0 Å². The van der Waals surface area contributed by atoms with Gasteiger partial charge < -0.3 is 10.5 Å². The predicted octanol–water partition coefficient (Wildman–Crippen LogP) is 4.24. The van der Waals surface area contributed by atoms with Crippen LogP contribution in [-0.4, -0.2) is 0 Å². The number of benzene rings is 2.